The summed E-state index contributed by atoms with van der Waals surface area (Å²) in [5.74, 6) is 0.673. The van der Waals surface area contributed by atoms with Crippen molar-refractivity contribution in [3.05, 3.63) is 22.4 Å². The van der Waals surface area contributed by atoms with Crippen LogP contribution < -0.4 is 11.1 Å². The van der Waals surface area contributed by atoms with Gasteiger partial charge in [-0.2, -0.15) is 0 Å². The van der Waals surface area contributed by atoms with Gasteiger partial charge in [-0.15, -0.1) is 11.3 Å². The van der Waals surface area contributed by atoms with E-state index >= 15 is 0 Å². The van der Waals surface area contributed by atoms with Crippen LogP contribution in [-0.4, -0.2) is 11.9 Å². The molecule has 0 saturated heterocycles. The summed E-state index contributed by atoms with van der Waals surface area (Å²) in [7, 11) is 0. The average molecular weight is 252 g/mol. The van der Waals surface area contributed by atoms with E-state index in [1.807, 2.05) is 11.4 Å². The molecule has 2 atom stereocenters. The highest BCUT2D eigenvalue weighted by Crippen LogP contribution is 2.32. The monoisotopic (exact) mass is 252 g/mol. The van der Waals surface area contributed by atoms with E-state index < -0.39 is 0 Å². The molecule has 1 aliphatic carbocycles. The normalized spacial score (nSPS) is 18.7. The maximum Gasteiger partial charge on any atom is 0.222 e. The molecule has 1 aliphatic rings. The molecule has 1 fully saturated rings. The number of carbonyl (C=O) groups is 1. The molecule has 0 bridgehead atoms. The van der Waals surface area contributed by atoms with Crippen LogP contribution in [0.2, 0.25) is 0 Å². The molecule has 1 amide bonds. The first-order valence-electron chi connectivity index (χ1n) is 6.29. The number of amides is 1. The second-order valence-electron chi connectivity index (χ2n) is 4.75. The molecule has 3 N–H and O–H groups in total. The number of hydrogen-bond donors (Lipinski definition) is 2. The lowest BCUT2D eigenvalue weighted by atomic mass is 10.1. The average Bonchev–Trinajstić information content (AvgIpc) is 3.03. The Morgan fingerprint density at radius 3 is 2.94 bits per heavy atom. The molecule has 0 aromatic carbocycles. The standard InChI is InChI=1S/C13H20N2OS/c1-2-11(12-4-3-7-17-12)15-13(16)8-10(14)9-5-6-9/h3-4,7,9-11H,2,5-6,8,14H2,1H3,(H,15,16). The zero-order chi connectivity index (χ0) is 12.3. The lowest BCUT2D eigenvalue weighted by molar-refractivity contribution is -0.122. The summed E-state index contributed by atoms with van der Waals surface area (Å²) in [4.78, 5) is 13.1. The van der Waals surface area contributed by atoms with Gasteiger partial charge in [-0.05, 0) is 36.6 Å². The third-order valence-electron chi connectivity index (χ3n) is 3.28. The predicted octanol–water partition coefficient (Wildman–Crippen LogP) is 2.44. The molecule has 0 spiro atoms. The van der Waals surface area contributed by atoms with Crippen molar-refractivity contribution >= 4 is 17.2 Å². The minimum absolute atomic E-state index is 0.0517. The third kappa shape index (κ3) is 3.54. The Bertz CT molecular complexity index is 360. The summed E-state index contributed by atoms with van der Waals surface area (Å²) < 4.78 is 0. The van der Waals surface area contributed by atoms with Crippen molar-refractivity contribution in [3.8, 4) is 0 Å². The Hall–Kier alpha value is -0.870. The van der Waals surface area contributed by atoms with Gasteiger partial charge in [-0.25, -0.2) is 0 Å². The Kier molecular flexibility index (Phi) is 4.18. The summed E-state index contributed by atoms with van der Waals surface area (Å²) in [6.45, 7) is 2.09. The number of hydrogen-bond acceptors (Lipinski definition) is 3. The van der Waals surface area contributed by atoms with Crippen molar-refractivity contribution < 1.29 is 4.79 Å². The van der Waals surface area contributed by atoms with E-state index in [0.29, 0.717) is 12.3 Å². The minimum atomic E-state index is 0.0517. The van der Waals surface area contributed by atoms with Crippen LogP contribution in [0.3, 0.4) is 0 Å². The summed E-state index contributed by atoms with van der Waals surface area (Å²) in [5, 5.41) is 5.12. The third-order valence-corrected chi connectivity index (χ3v) is 4.26. The van der Waals surface area contributed by atoms with Crippen molar-refractivity contribution in [1.82, 2.24) is 5.32 Å². The van der Waals surface area contributed by atoms with E-state index in [-0.39, 0.29) is 18.0 Å². The molecule has 1 saturated carbocycles. The highest BCUT2D eigenvalue weighted by Gasteiger charge is 2.30. The number of rotatable bonds is 6. The molecule has 17 heavy (non-hydrogen) atoms. The first kappa shape index (κ1) is 12.6. The van der Waals surface area contributed by atoms with Gasteiger partial charge in [0.1, 0.15) is 0 Å². The van der Waals surface area contributed by atoms with E-state index in [1.165, 1.54) is 17.7 Å². The number of carbonyl (C=O) groups excluding carboxylic acids is 1. The van der Waals surface area contributed by atoms with Crippen LogP contribution in [0.4, 0.5) is 0 Å². The van der Waals surface area contributed by atoms with Gasteiger partial charge in [0, 0.05) is 17.3 Å². The molecule has 2 unspecified atom stereocenters. The highest BCUT2D eigenvalue weighted by atomic mass is 32.1. The van der Waals surface area contributed by atoms with Crippen molar-refractivity contribution in [2.75, 3.05) is 0 Å². The number of nitrogens with two attached hydrogens (primary N) is 1. The number of thiophene rings is 1. The van der Waals surface area contributed by atoms with Gasteiger partial charge in [0.15, 0.2) is 0 Å². The molecule has 0 radical (unpaired) electrons. The smallest absolute Gasteiger partial charge is 0.222 e. The molecule has 2 rings (SSSR count). The zero-order valence-corrected chi connectivity index (χ0v) is 11.0. The largest absolute Gasteiger partial charge is 0.348 e. The Morgan fingerprint density at radius 2 is 2.41 bits per heavy atom. The lowest BCUT2D eigenvalue weighted by Gasteiger charge is -2.17. The van der Waals surface area contributed by atoms with Crippen LogP contribution in [0, 0.1) is 5.92 Å². The van der Waals surface area contributed by atoms with Crippen LogP contribution in [0.25, 0.3) is 0 Å². The molecule has 3 nitrogen and oxygen atoms in total. The fourth-order valence-corrected chi connectivity index (χ4v) is 2.88. The first-order valence-corrected chi connectivity index (χ1v) is 7.17. The van der Waals surface area contributed by atoms with Gasteiger partial charge < -0.3 is 11.1 Å². The Morgan fingerprint density at radius 1 is 1.65 bits per heavy atom. The fraction of sp³-hybridized carbons (Fsp3) is 0.615. The second kappa shape index (κ2) is 5.65. The van der Waals surface area contributed by atoms with Gasteiger partial charge in [-0.1, -0.05) is 13.0 Å². The van der Waals surface area contributed by atoms with Gasteiger partial charge in [0.25, 0.3) is 0 Å². The quantitative estimate of drug-likeness (QED) is 0.817. The Balaban J connectivity index is 1.83. The number of nitrogens with one attached hydrogen (secondary N) is 1. The zero-order valence-electron chi connectivity index (χ0n) is 10.2. The first-order chi connectivity index (χ1) is 8.20. The molecule has 0 aliphatic heterocycles. The van der Waals surface area contributed by atoms with Crippen LogP contribution in [0.15, 0.2) is 17.5 Å². The van der Waals surface area contributed by atoms with Crippen LogP contribution in [0.5, 0.6) is 0 Å². The molecular formula is C13H20N2OS. The van der Waals surface area contributed by atoms with Crippen LogP contribution in [-0.2, 0) is 4.79 Å². The minimum Gasteiger partial charge on any atom is -0.348 e. The van der Waals surface area contributed by atoms with Crippen LogP contribution >= 0.6 is 11.3 Å². The topological polar surface area (TPSA) is 55.1 Å². The molecule has 1 aromatic rings. The van der Waals surface area contributed by atoms with Gasteiger partial charge in [-0.3, -0.25) is 4.79 Å². The lowest BCUT2D eigenvalue weighted by Crippen LogP contribution is -2.34. The second-order valence-corrected chi connectivity index (χ2v) is 5.73. The highest BCUT2D eigenvalue weighted by molar-refractivity contribution is 7.10. The molecule has 4 heteroatoms. The van der Waals surface area contributed by atoms with Crippen molar-refractivity contribution in [3.63, 3.8) is 0 Å². The van der Waals surface area contributed by atoms with Crippen LogP contribution in [0.1, 0.15) is 43.5 Å². The molecular weight excluding hydrogens is 232 g/mol. The fourth-order valence-electron chi connectivity index (χ4n) is 2.02. The molecule has 1 heterocycles. The predicted molar refractivity (Wildman–Crippen MR) is 70.8 cm³/mol. The Labute approximate surface area is 106 Å². The summed E-state index contributed by atoms with van der Waals surface area (Å²) in [6, 6.07) is 4.29. The maximum atomic E-state index is 11.9. The van der Waals surface area contributed by atoms with E-state index in [9.17, 15) is 4.79 Å². The van der Waals surface area contributed by atoms with E-state index in [0.717, 1.165) is 6.42 Å². The molecule has 1 aromatic heterocycles. The summed E-state index contributed by atoms with van der Waals surface area (Å²) in [5.41, 5.74) is 5.96. The van der Waals surface area contributed by atoms with E-state index in [1.54, 1.807) is 11.3 Å². The van der Waals surface area contributed by atoms with Gasteiger partial charge >= 0.3 is 0 Å². The summed E-state index contributed by atoms with van der Waals surface area (Å²) >= 11 is 1.69. The van der Waals surface area contributed by atoms with E-state index in [4.69, 9.17) is 5.73 Å². The van der Waals surface area contributed by atoms with Gasteiger partial charge in [0.2, 0.25) is 5.91 Å². The summed E-state index contributed by atoms with van der Waals surface area (Å²) in [6.07, 6.45) is 3.77. The van der Waals surface area contributed by atoms with E-state index in [2.05, 4.69) is 18.3 Å². The van der Waals surface area contributed by atoms with Crippen molar-refractivity contribution in [2.24, 2.45) is 11.7 Å². The maximum absolute atomic E-state index is 11.9. The van der Waals surface area contributed by atoms with Gasteiger partial charge in [0.05, 0.1) is 6.04 Å². The molecule has 94 valence electrons. The van der Waals surface area contributed by atoms with Crippen molar-refractivity contribution in [2.45, 2.75) is 44.7 Å². The SMILES string of the molecule is CCC(NC(=O)CC(N)C1CC1)c1cccs1. The van der Waals surface area contributed by atoms with Crippen molar-refractivity contribution in [1.29, 1.82) is 0 Å².